The number of carbonyl (C=O) groups is 2. The van der Waals surface area contributed by atoms with Gasteiger partial charge in [0, 0.05) is 54.2 Å². The second-order valence-electron chi connectivity index (χ2n) is 8.00. The first-order chi connectivity index (χ1) is 16.4. The van der Waals surface area contributed by atoms with Crippen LogP contribution in [0.5, 0.6) is 5.75 Å². The van der Waals surface area contributed by atoms with Crippen LogP contribution in [0.15, 0.2) is 42.6 Å². The van der Waals surface area contributed by atoms with Crippen LogP contribution in [0.2, 0.25) is 0 Å². The summed E-state index contributed by atoms with van der Waals surface area (Å²) in [5.41, 5.74) is 3.14. The summed E-state index contributed by atoms with van der Waals surface area (Å²) in [7, 11) is 2.94. The number of esters is 1. The predicted molar refractivity (Wildman–Crippen MR) is 128 cm³/mol. The summed E-state index contributed by atoms with van der Waals surface area (Å²) in [5, 5.41) is 14.8. The number of hydrogen-bond donors (Lipinski definition) is 2. The molecule has 0 unspecified atom stereocenters. The van der Waals surface area contributed by atoms with Crippen molar-refractivity contribution < 1.29 is 24.0 Å². The van der Waals surface area contributed by atoms with Crippen molar-refractivity contribution >= 4 is 28.5 Å². The first-order valence-corrected chi connectivity index (χ1v) is 11.2. The van der Waals surface area contributed by atoms with Crippen LogP contribution in [-0.2, 0) is 16.0 Å². The normalized spacial score (nSPS) is 10.8. The van der Waals surface area contributed by atoms with Gasteiger partial charge in [-0.25, -0.2) is 0 Å². The van der Waals surface area contributed by atoms with Crippen molar-refractivity contribution in [3.63, 3.8) is 0 Å². The van der Waals surface area contributed by atoms with Crippen LogP contribution in [0.25, 0.3) is 10.9 Å². The van der Waals surface area contributed by atoms with Gasteiger partial charge < -0.3 is 19.8 Å². The lowest BCUT2D eigenvalue weighted by atomic mass is 10.0. The molecule has 3 aromatic rings. The van der Waals surface area contributed by atoms with Gasteiger partial charge in [0.05, 0.1) is 19.1 Å². The van der Waals surface area contributed by atoms with E-state index >= 15 is 0 Å². The summed E-state index contributed by atoms with van der Waals surface area (Å²) >= 11 is 0. The number of benzene rings is 2. The number of H-pyrrole nitrogens is 1. The zero-order valence-electron chi connectivity index (χ0n) is 19.4. The Kier molecular flexibility index (Phi) is 8.61. The van der Waals surface area contributed by atoms with Gasteiger partial charge in [0.1, 0.15) is 5.75 Å². The predicted octanol–water partition coefficient (Wildman–Crippen LogP) is 4.53. The molecule has 0 saturated carbocycles. The Morgan fingerprint density at radius 2 is 1.82 bits per heavy atom. The monoisotopic (exact) mass is 467 g/mol. The van der Waals surface area contributed by atoms with Crippen LogP contribution in [0.1, 0.15) is 53.6 Å². The number of carbonyl (C=O) groups excluding carboxylic acids is 2. The van der Waals surface area contributed by atoms with Gasteiger partial charge in [-0.15, -0.1) is 0 Å². The summed E-state index contributed by atoms with van der Waals surface area (Å²) < 4.78 is 10.1. The van der Waals surface area contributed by atoms with Crippen molar-refractivity contribution in [2.24, 2.45) is 0 Å². The number of nitrogens with zero attached hydrogens (tertiary/aromatic N) is 1. The van der Waals surface area contributed by atoms with E-state index in [9.17, 15) is 19.7 Å². The number of nitro groups is 1. The number of methoxy groups -OCH3 is 2. The summed E-state index contributed by atoms with van der Waals surface area (Å²) in [5.74, 6) is 0.203. The van der Waals surface area contributed by atoms with Crippen molar-refractivity contribution in [3.05, 3.63) is 69.4 Å². The lowest BCUT2D eigenvalue weighted by Crippen LogP contribution is -2.24. The highest BCUT2D eigenvalue weighted by atomic mass is 16.6. The third kappa shape index (κ3) is 6.34. The number of nitro benzene ring substituents is 1. The zero-order valence-corrected chi connectivity index (χ0v) is 19.4. The van der Waals surface area contributed by atoms with E-state index in [0.29, 0.717) is 30.7 Å². The maximum Gasteiger partial charge on any atom is 0.305 e. The zero-order chi connectivity index (χ0) is 24.5. The van der Waals surface area contributed by atoms with Gasteiger partial charge in [0.25, 0.3) is 11.6 Å². The first kappa shape index (κ1) is 24.8. The molecule has 3 rings (SSSR count). The van der Waals surface area contributed by atoms with Gasteiger partial charge >= 0.3 is 5.97 Å². The number of nitrogens with one attached hydrogen (secondary N) is 2. The number of fused-ring (bicyclic) bond motifs is 1. The second-order valence-corrected chi connectivity index (χ2v) is 8.00. The highest BCUT2D eigenvalue weighted by Gasteiger charge is 2.14. The van der Waals surface area contributed by atoms with Gasteiger partial charge in [-0.2, -0.15) is 0 Å². The Morgan fingerprint density at radius 1 is 1.03 bits per heavy atom. The molecule has 0 radical (unpaired) electrons. The molecule has 180 valence electrons. The highest BCUT2D eigenvalue weighted by Crippen LogP contribution is 2.29. The molecule has 34 heavy (non-hydrogen) atoms. The first-order valence-electron chi connectivity index (χ1n) is 11.2. The molecule has 0 fully saturated rings. The third-order valence-electron chi connectivity index (χ3n) is 5.71. The van der Waals surface area contributed by atoms with Crippen LogP contribution < -0.4 is 10.1 Å². The van der Waals surface area contributed by atoms with E-state index in [0.717, 1.165) is 47.7 Å². The number of ether oxygens (including phenoxy) is 2. The van der Waals surface area contributed by atoms with Crippen LogP contribution >= 0.6 is 0 Å². The molecule has 9 nitrogen and oxygen atoms in total. The lowest BCUT2D eigenvalue weighted by molar-refractivity contribution is -0.384. The largest absolute Gasteiger partial charge is 0.496 e. The lowest BCUT2D eigenvalue weighted by Gasteiger charge is -2.11. The molecular formula is C25H29N3O6. The summed E-state index contributed by atoms with van der Waals surface area (Å²) in [4.78, 5) is 37.5. The Bertz CT molecular complexity index is 1170. The molecule has 0 atom stereocenters. The minimum absolute atomic E-state index is 0.0378. The molecule has 2 aromatic carbocycles. The van der Waals surface area contributed by atoms with Gasteiger partial charge in [-0.05, 0) is 42.2 Å². The third-order valence-corrected chi connectivity index (χ3v) is 5.71. The van der Waals surface area contributed by atoms with E-state index in [2.05, 4.69) is 15.0 Å². The molecular weight excluding hydrogens is 438 g/mol. The minimum Gasteiger partial charge on any atom is -0.496 e. The number of hydrogen-bond acceptors (Lipinski definition) is 6. The maximum absolute atomic E-state index is 12.5. The molecule has 0 saturated heterocycles. The van der Waals surface area contributed by atoms with Crippen LogP contribution in [0.3, 0.4) is 0 Å². The topological polar surface area (TPSA) is 124 Å². The summed E-state index contributed by atoms with van der Waals surface area (Å²) in [6.45, 7) is 0.551. The van der Waals surface area contributed by atoms with Crippen molar-refractivity contribution in [1.82, 2.24) is 10.3 Å². The quantitative estimate of drug-likeness (QED) is 0.175. The summed E-state index contributed by atoms with van der Waals surface area (Å²) in [6, 6.07) is 10.0. The van der Waals surface area contributed by atoms with Gasteiger partial charge in [-0.1, -0.05) is 18.9 Å². The fourth-order valence-corrected chi connectivity index (χ4v) is 3.82. The standard InChI is InChI=1S/C25H29N3O6/c1-33-23-14-18(25(30)26-12-6-4-3-5-7-24(29)34-2)9-8-17(23)13-19-16-27-22-11-10-20(28(31)32)15-21(19)22/h8-11,14-16,27H,3-7,12-13H2,1-2H3,(H,26,30). The molecule has 1 amide bonds. The average Bonchev–Trinajstić information content (AvgIpc) is 3.25. The SMILES string of the molecule is COC(=O)CCCCCCNC(=O)c1ccc(Cc2c[nH]c3ccc([N+](=O)[O-])cc23)c(OC)c1. The van der Waals surface area contributed by atoms with Crippen molar-refractivity contribution in [3.8, 4) is 5.75 Å². The minimum atomic E-state index is -0.410. The van der Waals surface area contributed by atoms with E-state index in [1.165, 1.54) is 13.2 Å². The van der Waals surface area contributed by atoms with E-state index in [1.54, 1.807) is 31.4 Å². The molecule has 1 aromatic heterocycles. The number of rotatable bonds is 12. The number of unbranched alkanes of at least 4 members (excludes halogenated alkanes) is 3. The highest BCUT2D eigenvalue weighted by molar-refractivity contribution is 5.94. The molecule has 2 N–H and O–H groups in total. The molecule has 0 spiro atoms. The van der Waals surface area contributed by atoms with Gasteiger partial charge in [0.2, 0.25) is 0 Å². The van der Waals surface area contributed by atoms with E-state index in [4.69, 9.17) is 4.74 Å². The Labute approximate surface area is 197 Å². The molecule has 0 aliphatic heterocycles. The van der Waals surface area contributed by atoms with E-state index in [-0.39, 0.29) is 17.6 Å². The Hall–Kier alpha value is -3.88. The Morgan fingerprint density at radius 3 is 2.56 bits per heavy atom. The van der Waals surface area contributed by atoms with Crippen LogP contribution in [-0.4, -0.2) is 42.5 Å². The molecule has 0 aliphatic rings. The summed E-state index contributed by atoms with van der Waals surface area (Å²) in [6.07, 6.45) is 6.19. The van der Waals surface area contributed by atoms with E-state index < -0.39 is 4.92 Å². The number of aromatic nitrogens is 1. The van der Waals surface area contributed by atoms with Crippen LogP contribution in [0.4, 0.5) is 5.69 Å². The van der Waals surface area contributed by atoms with Gasteiger partial charge in [-0.3, -0.25) is 19.7 Å². The fourth-order valence-electron chi connectivity index (χ4n) is 3.82. The number of amides is 1. The van der Waals surface area contributed by atoms with Crippen molar-refractivity contribution in [2.45, 2.75) is 38.5 Å². The van der Waals surface area contributed by atoms with Crippen LogP contribution in [0, 0.1) is 10.1 Å². The molecule has 0 bridgehead atoms. The second kappa shape index (κ2) is 11.8. The smallest absolute Gasteiger partial charge is 0.305 e. The fraction of sp³-hybridized carbons (Fsp3) is 0.360. The van der Waals surface area contributed by atoms with E-state index in [1.807, 2.05) is 12.3 Å². The average molecular weight is 468 g/mol. The molecule has 9 heteroatoms. The number of non-ortho nitro benzene ring substituents is 1. The molecule has 0 aliphatic carbocycles. The molecule has 1 heterocycles. The number of aromatic amines is 1. The van der Waals surface area contributed by atoms with Gasteiger partial charge in [0.15, 0.2) is 0 Å². The van der Waals surface area contributed by atoms with Crippen molar-refractivity contribution in [2.75, 3.05) is 20.8 Å². The van der Waals surface area contributed by atoms with Crippen molar-refractivity contribution in [1.29, 1.82) is 0 Å². The maximum atomic E-state index is 12.5. The Balaban J connectivity index is 1.59.